The number of nitrogens with zero attached hydrogens (tertiary/aromatic N) is 1. The molecule has 3 N–H and O–H groups in total. The number of hydrogen-bond acceptors (Lipinski definition) is 3. The van der Waals surface area contributed by atoms with Crippen LogP contribution in [0.1, 0.15) is 25.7 Å². The lowest BCUT2D eigenvalue weighted by molar-refractivity contribution is -0.122. The Labute approximate surface area is 85.8 Å². The lowest BCUT2D eigenvalue weighted by atomic mass is 10.1. The van der Waals surface area contributed by atoms with Crippen LogP contribution in [0.25, 0.3) is 0 Å². The highest BCUT2D eigenvalue weighted by atomic mass is 16.1. The van der Waals surface area contributed by atoms with Gasteiger partial charge in [0.25, 0.3) is 0 Å². The quantitative estimate of drug-likeness (QED) is 0.666. The maximum Gasteiger partial charge on any atom is 0.220 e. The van der Waals surface area contributed by atoms with Crippen LogP contribution in [0.3, 0.4) is 0 Å². The summed E-state index contributed by atoms with van der Waals surface area (Å²) in [6.07, 6.45) is 3.51. The Morgan fingerprint density at radius 3 is 2.71 bits per heavy atom. The van der Waals surface area contributed by atoms with E-state index in [-0.39, 0.29) is 5.91 Å². The Hall–Kier alpha value is -0.610. The first kappa shape index (κ1) is 11.5. The number of rotatable bonds is 4. The minimum atomic E-state index is 0.157. The third-order valence-corrected chi connectivity index (χ3v) is 2.69. The molecule has 0 bridgehead atoms. The van der Waals surface area contributed by atoms with Gasteiger partial charge in [-0.05, 0) is 45.9 Å². The van der Waals surface area contributed by atoms with Gasteiger partial charge in [0.05, 0.1) is 0 Å². The van der Waals surface area contributed by atoms with Crippen molar-refractivity contribution >= 4 is 5.91 Å². The number of hydrogen-bond donors (Lipinski definition) is 2. The van der Waals surface area contributed by atoms with Crippen LogP contribution in [0.2, 0.25) is 0 Å². The number of nitrogens with two attached hydrogens (primary N) is 1. The molecule has 82 valence electrons. The van der Waals surface area contributed by atoms with Crippen molar-refractivity contribution < 1.29 is 4.79 Å². The third kappa shape index (κ3) is 4.07. The van der Waals surface area contributed by atoms with E-state index in [1.807, 2.05) is 0 Å². The average Bonchev–Trinajstić information content (AvgIpc) is 2.18. The van der Waals surface area contributed by atoms with Crippen LogP contribution in [-0.2, 0) is 4.79 Å². The first-order valence-electron chi connectivity index (χ1n) is 5.40. The van der Waals surface area contributed by atoms with Gasteiger partial charge in [-0.3, -0.25) is 4.79 Å². The maximum absolute atomic E-state index is 11.4. The van der Waals surface area contributed by atoms with Gasteiger partial charge in [0.1, 0.15) is 0 Å². The van der Waals surface area contributed by atoms with Gasteiger partial charge in [0.2, 0.25) is 5.91 Å². The van der Waals surface area contributed by atoms with Crippen molar-refractivity contribution in [1.82, 2.24) is 10.2 Å². The fraction of sp³-hybridized carbons (Fsp3) is 0.900. The molecule has 0 aromatic rings. The summed E-state index contributed by atoms with van der Waals surface area (Å²) in [6.45, 7) is 2.77. The minimum Gasteiger partial charge on any atom is -0.353 e. The second kappa shape index (κ2) is 5.98. The number of amides is 1. The van der Waals surface area contributed by atoms with Crippen LogP contribution in [0.4, 0.5) is 0 Å². The predicted molar refractivity (Wildman–Crippen MR) is 57.0 cm³/mol. The molecule has 4 heteroatoms. The lowest BCUT2D eigenvalue weighted by Crippen LogP contribution is -2.43. The van der Waals surface area contributed by atoms with Crippen LogP contribution in [-0.4, -0.2) is 43.5 Å². The number of nitrogens with one attached hydrogen (secondary N) is 1. The fourth-order valence-electron chi connectivity index (χ4n) is 1.72. The molecule has 1 amide bonds. The summed E-state index contributed by atoms with van der Waals surface area (Å²) in [5, 5.41) is 3.05. The SMILES string of the molecule is CN1CCC(NC(=O)CCCN)CC1. The predicted octanol–water partition coefficient (Wildman–Crippen LogP) is -0.0643. The highest BCUT2D eigenvalue weighted by Crippen LogP contribution is 2.08. The first-order chi connectivity index (χ1) is 6.72. The Bertz CT molecular complexity index is 176. The summed E-state index contributed by atoms with van der Waals surface area (Å²) in [6, 6.07) is 0.386. The van der Waals surface area contributed by atoms with Crippen molar-refractivity contribution in [3.63, 3.8) is 0 Å². The zero-order valence-corrected chi connectivity index (χ0v) is 8.96. The summed E-state index contributed by atoms with van der Waals surface area (Å²) >= 11 is 0. The van der Waals surface area contributed by atoms with E-state index in [0.29, 0.717) is 19.0 Å². The molecule has 0 atom stereocenters. The van der Waals surface area contributed by atoms with Gasteiger partial charge in [-0.2, -0.15) is 0 Å². The van der Waals surface area contributed by atoms with Gasteiger partial charge >= 0.3 is 0 Å². The van der Waals surface area contributed by atoms with Crippen molar-refractivity contribution in [2.75, 3.05) is 26.7 Å². The van der Waals surface area contributed by atoms with Gasteiger partial charge in [-0.15, -0.1) is 0 Å². The van der Waals surface area contributed by atoms with Gasteiger partial charge in [0.15, 0.2) is 0 Å². The molecule has 0 aromatic carbocycles. The zero-order valence-electron chi connectivity index (χ0n) is 8.96. The van der Waals surface area contributed by atoms with Gasteiger partial charge < -0.3 is 16.0 Å². The average molecular weight is 199 g/mol. The highest BCUT2D eigenvalue weighted by molar-refractivity contribution is 5.76. The third-order valence-electron chi connectivity index (χ3n) is 2.69. The van der Waals surface area contributed by atoms with Gasteiger partial charge in [0, 0.05) is 12.5 Å². The number of carbonyl (C=O) groups is 1. The molecule has 0 aliphatic carbocycles. The van der Waals surface area contributed by atoms with E-state index in [2.05, 4.69) is 17.3 Å². The van der Waals surface area contributed by atoms with Crippen molar-refractivity contribution in [2.24, 2.45) is 5.73 Å². The van der Waals surface area contributed by atoms with E-state index in [1.54, 1.807) is 0 Å². The van der Waals surface area contributed by atoms with E-state index in [0.717, 1.165) is 32.4 Å². The molecular weight excluding hydrogens is 178 g/mol. The molecule has 1 heterocycles. The number of likely N-dealkylation sites (tertiary alicyclic amines) is 1. The van der Waals surface area contributed by atoms with Gasteiger partial charge in [-0.25, -0.2) is 0 Å². The second-order valence-electron chi connectivity index (χ2n) is 4.04. The largest absolute Gasteiger partial charge is 0.353 e. The van der Waals surface area contributed by atoms with E-state index >= 15 is 0 Å². The minimum absolute atomic E-state index is 0.157. The Morgan fingerprint density at radius 1 is 1.50 bits per heavy atom. The van der Waals surface area contributed by atoms with Gasteiger partial charge in [-0.1, -0.05) is 0 Å². The smallest absolute Gasteiger partial charge is 0.220 e. The Balaban J connectivity index is 2.14. The van der Waals surface area contributed by atoms with Crippen LogP contribution < -0.4 is 11.1 Å². The molecule has 0 unspecified atom stereocenters. The van der Waals surface area contributed by atoms with Crippen molar-refractivity contribution in [3.05, 3.63) is 0 Å². The van der Waals surface area contributed by atoms with E-state index < -0.39 is 0 Å². The summed E-state index contributed by atoms with van der Waals surface area (Å²) in [4.78, 5) is 13.7. The van der Waals surface area contributed by atoms with E-state index in [9.17, 15) is 4.79 Å². The standard InChI is InChI=1S/C10H21N3O/c1-13-7-4-9(5-8-13)12-10(14)3-2-6-11/h9H,2-8,11H2,1H3,(H,12,14). The molecule has 0 spiro atoms. The molecule has 0 saturated carbocycles. The number of piperidine rings is 1. The molecule has 0 aromatic heterocycles. The normalized spacial score (nSPS) is 19.6. The molecular formula is C10H21N3O. The molecule has 14 heavy (non-hydrogen) atoms. The topological polar surface area (TPSA) is 58.4 Å². The monoisotopic (exact) mass is 199 g/mol. The first-order valence-corrected chi connectivity index (χ1v) is 5.40. The van der Waals surface area contributed by atoms with E-state index in [4.69, 9.17) is 5.73 Å². The molecule has 1 aliphatic rings. The summed E-state index contributed by atoms with van der Waals surface area (Å²) in [7, 11) is 2.12. The molecule has 0 radical (unpaired) electrons. The van der Waals surface area contributed by atoms with Crippen LogP contribution in [0.15, 0.2) is 0 Å². The Morgan fingerprint density at radius 2 is 2.14 bits per heavy atom. The molecule has 1 saturated heterocycles. The van der Waals surface area contributed by atoms with Crippen molar-refractivity contribution in [3.8, 4) is 0 Å². The second-order valence-corrected chi connectivity index (χ2v) is 4.04. The van der Waals surface area contributed by atoms with Crippen molar-refractivity contribution in [2.45, 2.75) is 31.7 Å². The maximum atomic E-state index is 11.4. The van der Waals surface area contributed by atoms with E-state index in [1.165, 1.54) is 0 Å². The number of carbonyl (C=O) groups excluding carboxylic acids is 1. The summed E-state index contributed by atoms with van der Waals surface area (Å²) < 4.78 is 0. The molecule has 1 rings (SSSR count). The molecule has 1 fully saturated rings. The summed E-state index contributed by atoms with van der Waals surface area (Å²) in [5.74, 6) is 0.157. The fourth-order valence-corrected chi connectivity index (χ4v) is 1.72. The summed E-state index contributed by atoms with van der Waals surface area (Å²) in [5.41, 5.74) is 5.34. The Kier molecular flexibility index (Phi) is 4.90. The van der Waals surface area contributed by atoms with Crippen LogP contribution in [0, 0.1) is 0 Å². The van der Waals surface area contributed by atoms with Crippen LogP contribution in [0.5, 0.6) is 0 Å². The highest BCUT2D eigenvalue weighted by Gasteiger charge is 2.17. The van der Waals surface area contributed by atoms with Crippen LogP contribution >= 0.6 is 0 Å². The lowest BCUT2D eigenvalue weighted by Gasteiger charge is -2.29. The van der Waals surface area contributed by atoms with Crippen molar-refractivity contribution in [1.29, 1.82) is 0 Å². The molecule has 1 aliphatic heterocycles. The zero-order chi connectivity index (χ0) is 10.4. The molecule has 4 nitrogen and oxygen atoms in total.